The zero-order chi connectivity index (χ0) is 10.4. The fourth-order valence-corrected chi connectivity index (χ4v) is 1.85. The highest BCUT2D eigenvalue weighted by Gasteiger charge is 2.54. The number of aliphatic hydroxyl groups is 1. The molecule has 0 bridgehead atoms. The average Bonchev–Trinajstić information content (AvgIpc) is 2.73. The van der Waals surface area contributed by atoms with Crippen LogP contribution in [0, 0.1) is 5.41 Å². The number of rotatable bonds is 3. The third kappa shape index (κ3) is 1.17. The van der Waals surface area contributed by atoms with Gasteiger partial charge in [-0.3, -0.25) is 0 Å². The summed E-state index contributed by atoms with van der Waals surface area (Å²) < 4.78 is 1.77. The Hall–Kier alpha value is -0.900. The third-order valence-electron chi connectivity index (χ3n) is 3.59. The highest BCUT2D eigenvalue weighted by atomic mass is 16.3. The molecule has 1 N–H and O–H groups in total. The van der Waals surface area contributed by atoms with Crippen molar-refractivity contribution in [3.63, 3.8) is 0 Å². The predicted molar refractivity (Wildman–Crippen MR) is 52.6 cm³/mol. The molecule has 0 spiro atoms. The van der Waals surface area contributed by atoms with Gasteiger partial charge in [0.25, 0.3) is 0 Å². The van der Waals surface area contributed by atoms with Crippen molar-refractivity contribution in [2.75, 3.05) is 0 Å². The molecule has 1 saturated carbocycles. The Morgan fingerprint density at radius 1 is 1.64 bits per heavy atom. The molecule has 14 heavy (non-hydrogen) atoms. The Bertz CT molecular complexity index is 339. The minimum atomic E-state index is -0.799. The van der Waals surface area contributed by atoms with Gasteiger partial charge in [0.2, 0.25) is 0 Å². The molecule has 0 radical (unpaired) electrons. The summed E-state index contributed by atoms with van der Waals surface area (Å²) in [5, 5.41) is 18.3. The summed E-state index contributed by atoms with van der Waals surface area (Å²) in [4.78, 5) is 0. The molecule has 1 aliphatic carbocycles. The van der Waals surface area contributed by atoms with E-state index < -0.39 is 5.60 Å². The van der Waals surface area contributed by atoms with Gasteiger partial charge in [-0.2, -0.15) is 0 Å². The van der Waals surface area contributed by atoms with Crippen LogP contribution >= 0.6 is 0 Å². The quantitative estimate of drug-likeness (QED) is 0.791. The van der Waals surface area contributed by atoms with E-state index in [9.17, 15) is 5.11 Å². The molecule has 2 rings (SSSR count). The van der Waals surface area contributed by atoms with Crippen molar-refractivity contribution in [1.29, 1.82) is 0 Å². The molecular formula is C10H17N3O. The van der Waals surface area contributed by atoms with Crippen LogP contribution in [0.4, 0.5) is 0 Å². The zero-order valence-corrected chi connectivity index (χ0v) is 8.99. The van der Waals surface area contributed by atoms with Gasteiger partial charge in [0.1, 0.15) is 5.60 Å². The van der Waals surface area contributed by atoms with Gasteiger partial charge in [0.05, 0.1) is 11.9 Å². The summed E-state index contributed by atoms with van der Waals surface area (Å²) in [5.41, 5.74) is 0.0497. The summed E-state index contributed by atoms with van der Waals surface area (Å²) in [6.07, 6.45) is 3.83. The Labute approximate surface area is 83.9 Å². The first-order valence-electron chi connectivity index (χ1n) is 5.12. The summed E-state index contributed by atoms with van der Waals surface area (Å²) in [7, 11) is 0. The fraction of sp³-hybridized carbons (Fsp3) is 0.800. The highest BCUT2D eigenvalue weighted by Crippen LogP contribution is 2.57. The van der Waals surface area contributed by atoms with Crippen molar-refractivity contribution in [3.8, 4) is 0 Å². The van der Waals surface area contributed by atoms with Crippen LogP contribution in [0.5, 0.6) is 0 Å². The molecule has 0 aromatic carbocycles. The highest BCUT2D eigenvalue weighted by molar-refractivity contribution is 5.17. The van der Waals surface area contributed by atoms with Crippen LogP contribution in [0.15, 0.2) is 6.20 Å². The van der Waals surface area contributed by atoms with Crippen molar-refractivity contribution in [2.45, 2.75) is 45.8 Å². The second-order valence-corrected chi connectivity index (χ2v) is 4.57. The molecule has 1 aliphatic rings. The van der Waals surface area contributed by atoms with Crippen LogP contribution in [0.2, 0.25) is 0 Å². The first-order valence-corrected chi connectivity index (χ1v) is 5.12. The number of aromatic nitrogens is 3. The van der Waals surface area contributed by atoms with Crippen LogP contribution in [-0.4, -0.2) is 20.1 Å². The smallest absolute Gasteiger partial charge is 0.110 e. The molecule has 1 aromatic heterocycles. The van der Waals surface area contributed by atoms with Crippen LogP contribution in [0.25, 0.3) is 0 Å². The molecule has 1 aromatic rings. The standard InChI is InChI=1S/C10H17N3O/c1-4-13-8(7-11-12-13)10(3,14)9(2)5-6-9/h7,14H,4-6H2,1-3H3. The lowest BCUT2D eigenvalue weighted by molar-refractivity contribution is -0.0206. The van der Waals surface area contributed by atoms with Crippen LogP contribution in [0.3, 0.4) is 0 Å². The second-order valence-electron chi connectivity index (χ2n) is 4.57. The minimum absolute atomic E-state index is 0.0155. The van der Waals surface area contributed by atoms with E-state index in [0.717, 1.165) is 25.1 Å². The predicted octanol–water partition coefficient (Wildman–Crippen LogP) is 1.31. The van der Waals surface area contributed by atoms with Crippen molar-refractivity contribution in [1.82, 2.24) is 15.0 Å². The molecule has 0 saturated heterocycles. The van der Waals surface area contributed by atoms with Crippen molar-refractivity contribution in [3.05, 3.63) is 11.9 Å². The average molecular weight is 195 g/mol. The van der Waals surface area contributed by atoms with E-state index in [1.165, 1.54) is 0 Å². The largest absolute Gasteiger partial charge is 0.383 e. The lowest BCUT2D eigenvalue weighted by Gasteiger charge is -2.30. The maximum Gasteiger partial charge on any atom is 0.110 e. The Kier molecular flexibility index (Phi) is 1.93. The fourth-order valence-electron chi connectivity index (χ4n) is 1.85. The van der Waals surface area contributed by atoms with Crippen LogP contribution in [-0.2, 0) is 12.1 Å². The van der Waals surface area contributed by atoms with Gasteiger partial charge in [0.15, 0.2) is 0 Å². The van der Waals surface area contributed by atoms with Gasteiger partial charge >= 0.3 is 0 Å². The van der Waals surface area contributed by atoms with Crippen molar-refractivity contribution in [2.24, 2.45) is 5.41 Å². The van der Waals surface area contributed by atoms with Gasteiger partial charge in [-0.25, -0.2) is 4.68 Å². The summed E-state index contributed by atoms with van der Waals surface area (Å²) in [6, 6.07) is 0. The number of hydrogen-bond acceptors (Lipinski definition) is 3. The van der Waals surface area contributed by atoms with E-state index >= 15 is 0 Å². The van der Waals surface area contributed by atoms with Crippen molar-refractivity contribution < 1.29 is 5.11 Å². The van der Waals surface area contributed by atoms with Gasteiger partial charge in [-0.1, -0.05) is 12.1 Å². The van der Waals surface area contributed by atoms with E-state index in [0.29, 0.717) is 0 Å². The number of aryl methyl sites for hydroxylation is 1. The maximum absolute atomic E-state index is 10.5. The molecule has 0 amide bonds. The van der Waals surface area contributed by atoms with Crippen LogP contribution < -0.4 is 0 Å². The van der Waals surface area contributed by atoms with E-state index in [4.69, 9.17) is 0 Å². The van der Waals surface area contributed by atoms with E-state index in [2.05, 4.69) is 17.2 Å². The van der Waals surface area contributed by atoms with E-state index in [-0.39, 0.29) is 5.41 Å². The van der Waals surface area contributed by atoms with Crippen LogP contribution in [0.1, 0.15) is 39.3 Å². The summed E-state index contributed by atoms with van der Waals surface area (Å²) in [5.74, 6) is 0. The normalized spacial score (nSPS) is 23.1. The Morgan fingerprint density at radius 2 is 2.29 bits per heavy atom. The molecule has 4 nitrogen and oxygen atoms in total. The molecule has 1 heterocycles. The topological polar surface area (TPSA) is 50.9 Å². The first-order chi connectivity index (χ1) is 6.51. The van der Waals surface area contributed by atoms with Gasteiger partial charge < -0.3 is 5.11 Å². The van der Waals surface area contributed by atoms with Crippen molar-refractivity contribution >= 4 is 0 Å². The van der Waals surface area contributed by atoms with E-state index in [1.54, 1.807) is 10.9 Å². The number of nitrogens with zero attached hydrogens (tertiary/aromatic N) is 3. The van der Waals surface area contributed by atoms with Gasteiger partial charge in [0, 0.05) is 12.0 Å². The number of hydrogen-bond donors (Lipinski definition) is 1. The molecule has 0 aliphatic heterocycles. The zero-order valence-electron chi connectivity index (χ0n) is 8.99. The molecule has 4 heteroatoms. The first kappa shape index (κ1) is 9.65. The molecule has 1 fully saturated rings. The molecular weight excluding hydrogens is 178 g/mol. The Balaban J connectivity index is 2.38. The SMILES string of the molecule is CCn1nncc1C(C)(O)C1(C)CC1. The lowest BCUT2D eigenvalue weighted by atomic mass is 9.85. The summed E-state index contributed by atoms with van der Waals surface area (Å²) in [6.45, 7) is 6.73. The van der Waals surface area contributed by atoms with Gasteiger partial charge in [-0.15, -0.1) is 5.10 Å². The lowest BCUT2D eigenvalue weighted by Crippen LogP contribution is -2.34. The van der Waals surface area contributed by atoms with Gasteiger partial charge in [-0.05, 0) is 26.7 Å². The summed E-state index contributed by atoms with van der Waals surface area (Å²) >= 11 is 0. The maximum atomic E-state index is 10.5. The third-order valence-corrected chi connectivity index (χ3v) is 3.59. The monoisotopic (exact) mass is 195 g/mol. The second kappa shape index (κ2) is 2.79. The van der Waals surface area contributed by atoms with E-state index in [1.807, 2.05) is 13.8 Å². The minimum Gasteiger partial charge on any atom is -0.383 e. The Morgan fingerprint density at radius 3 is 2.79 bits per heavy atom. The molecule has 78 valence electrons. The molecule has 1 atom stereocenters. The molecule has 1 unspecified atom stereocenters.